The molecular formula is C22H32N4O4. The molecule has 0 saturated carbocycles. The third-order valence-corrected chi connectivity index (χ3v) is 6.39. The first-order chi connectivity index (χ1) is 14.3. The molecule has 1 N–H and O–H groups in total. The van der Waals surface area contributed by atoms with Crippen molar-refractivity contribution in [3.05, 3.63) is 33.9 Å². The molecule has 2 fully saturated rings. The van der Waals surface area contributed by atoms with E-state index in [1.165, 1.54) is 6.07 Å². The second-order valence-corrected chi connectivity index (χ2v) is 8.76. The van der Waals surface area contributed by atoms with Crippen LogP contribution >= 0.6 is 0 Å². The summed E-state index contributed by atoms with van der Waals surface area (Å²) in [5, 5.41) is 14.6. The Morgan fingerprint density at radius 3 is 2.30 bits per heavy atom. The molecule has 0 aliphatic carbocycles. The van der Waals surface area contributed by atoms with Gasteiger partial charge in [-0.15, -0.1) is 0 Å². The fourth-order valence-corrected chi connectivity index (χ4v) is 4.06. The molecule has 0 aromatic heterocycles. The van der Waals surface area contributed by atoms with Gasteiger partial charge in [-0.3, -0.25) is 19.7 Å². The van der Waals surface area contributed by atoms with Crippen LogP contribution in [0.1, 0.15) is 56.8 Å². The first-order valence-corrected chi connectivity index (χ1v) is 10.9. The van der Waals surface area contributed by atoms with Crippen LogP contribution in [0.2, 0.25) is 0 Å². The third-order valence-electron chi connectivity index (χ3n) is 6.39. The average Bonchev–Trinajstić information content (AvgIpc) is 3.27. The molecule has 8 heteroatoms. The van der Waals surface area contributed by atoms with Crippen LogP contribution in [-0.4, -0.2) is 53.9 Å². The quantitative estimate of drug-likeness (QED) is 0.567. The Morgan fingerprint density at radius 2 is 1.73 bits per heavy atom. The van der Waals surface area contributed by atoms with Gasteiger partial charge in [-0.1, -0.05) is 13.8 Å². The standard InChI is InChI=1S/C22H32N4O4/c1-15(2)16(3)23-21(27)17-8-12-25(13-9-17)22(28)18-6-7-19(20(14-18)26(29)30)24-10-4-5-11-24/h6-7,14-17H,4-5,8-13H2,1-3H3,(H,23,27). The molecular weight excluding hydrogens is 384 g/mol. The molecule has 2 heterocycles. The van der Waals surface area contributed by atoms with E-state index in [1.807, 2.05) is 11.8 Å². The second-order valence-electron chi connectivity index (χ2n) is 8.76. The predicted molar refractivity (Wildman–Crippen MR) is 116 cm³/mol. The van der Waals surface area contributed by atoms with Crippen LogP contribution in [0, 0.1) is 22.0 Å². The summed E-state index contributed by atoms with van der Waals surface area (Å²) in [6, 6.07) is 4.90. The van der Waals surface area contributed by atoms with Crippen molar-refractivity contribution in [2.24, 2.45) is 11.8 Å². The van der Waals surface area contributed by atoms with E-state index in [9.17, 15) is 19.7 Å². The maximum atomic E-state index is 12.9. The van der Waals surface area contributed by atoms with Gasteiger partial charge in [0.05, 0.1) is 4.92 Å². The Labute approximate surface area is 177 Å². The SMILES string of the molecule is CC(C)C(C)NC(=O)C1CCN(C(=O)c2ccc(N3CCCC3)c([N+](=O)[O-])c2)CC1. The van der Waals surface area contributed by atoms with E-state index in [2.05, 4.69) is 19.2 Å². The molecule has 2 amide bonds. The van der Waals surface area contributed by atoms with E-state index in [4.69, 9.17) is 0 Å². The van der Waals surface area contributed by atoms with Gasteiger partial charge in [0.15, 0.2) is 0 Å². The van der Waals surface area contributed by atoms with Crippen molar-refractivity contribution >= 4 is 23.2 Å². The number of carbonyl (C=O) groups excluding carboxylic acids is 2. The van der Waals surface area contributed by atoms with Gasteiger partial charge in [-0.2, -0.15) is 0 Å². The van der Waals surface area contributed by atoms with Crippen LogP contribution in [0.5, 0.6) is 0 Å². The summed E-state index contributed by atoms with van der Waals surface area (Å²) in [7, 11) is 0. The van der Waals surface area contributed by atoms with Gasteiger partial charge in [0.25, 0.3) is 11.6 Å². The number of anilines is 1. The normalized spacial score (nSPS) is 18.5. The Hall–Kier alpha value is -2.64. The van der Waals surface area contributed by atoms with Gasteiger partial charge < -0.3 is 15.1 Å². The maximum Gasteiger partial charge on any atom is 0.293 e. The minimum atomic E-state index is -0.406. The van der Waals surface area contributed by atoms with Gasteiger partial charge in [0.1, 0.15) is 5.69 Å². The molecule has 2 aliphatic rings. The van der Waals surface area contributed by atoms with Crippen LogP contribution in [0.4, 0.5) is 11.4 Å². The highest BCUT2D eigenvalue weighted by Gasteiger charge is 2.30. The van der Waals surface area contributed by atoms with Gasteiger partial charge in [-0.25, -0.2) is 0 Å². The number of rotatable bonds is 6. The summed E-state index contributed by atoms with van der Waals surface area (Å²) in [4.78, 5) is 40.3. The number of hydrogen-bond donors (Lipinski definition) is 1. The molecule has 1 aromatic rings. The summed E-state index contributed by atoms with van der Waals surface area (Å²) in [5.74, 6) is 0.117. The summed E-state index contributed by atoms with van der Waals surface area (Å²) in [6.45, 7) is 8.71. The van der Waals surface area contributed by atoms with Gasteiger partial charge >= 0.3 is 0 Å². The van der Waals surface area contributed by atoms with Crippen LogP contribution in [0.15, 0.2) is 18.2 Å². The van der Waals surface area contributed by atoms with Gasteiger partial charge in [-0.05, 0) is 50.7 Å². The summed E-state index contributed by atoms with van der Waals surface area (Å²) in [5.41, 5.74) is 0.907. The summed E-state index contributed by atoms with van der Waals surface area (Å²) >= 11 is 0. The lowest BCUT2D eigenvalue weighted by Gasteiger charge is -2.32. The highest BCUT2D eigenvalue weighted by molar-refractivity contribution is 5.96. The van der Waals surface area contributed by atoms with Crippen molar-refractivity contribution in [1.82, 2.24) is 10.2 Å². The number of nitrogens with one attached hydrogen (secondary N) is 1. The second kappa shape index (κ2) is 9.45. The van der Waals surface area contributed by atoms with E-state index in [1.54, 1.807) is 17.0 Å². The topological polar surface area (TPSA) is 95.8 Å². The van der Waals surface area contributed by atoms with Crippen molar-refractivity contribution < 1.29 is 14.5 Å². The Morgan fingerprint density at radius 1 is 1.10 bits per heavy atom. The van der Waals surface area contributed by atoms with Crippen molar-refractivity contribution in [3.8, 4) is 0 Å². The number of nitro groups is 1. The number of amides is 2. The van der Waals surface area contributed by atoms with Gasteiger partial charge in [0, 0.05) is 49.8 Å². The predicted octanol–water partition coefficient (Wildman–Crippen LogP) is 3.21. The first kappa shape index (κ1) is 22.1. The highest BCUT2D eigenvalue weighted by Crippen LogP contribution is 2.32. The van der Waals surface area contributed by atoms with E-state index in [0.29, 0.717) is 43.1 Å². The average molecular weight is 417 g/mol. The van der Waals surface area contributed by atoms with Crippen molar-refractivity contribution in [1.29, 1.82) is 0 Å². The molecule has 30 heavy (non-hydrogen) atoms. The smallest absolute Gasteiger partial charge is 0.293 e. The number of piperidine rings is 1. The molecule has 2 saturated heterocycles. The molecule has 164 valence electrons. The Bertz CT molecular complexity index is 796. The van der Waals surface area contributed by atoms with Crippen LogP contribution in [-0.2, 0) is 4.79 Å². The van der Waals surface area contributed by atoms with Crippen LogP contribution in [0.3, 0.4) is 0 Å². The number of nitrogens with zero attached hydrogens (tertiary/aromatic N) is 3. The van der Waals surface area contributed by atoms with Gasteiger partial charge in [0.2, 0.25) is 5.91 Å². The lowest BCUT2D eigenvalue weighted by Crippen LogP contribution is -2.45. The lowest BCUT2D eigenvalue weighted by molar-refractivity contribution is -0.384. The summed E-state index contributed by atoms with van der Waals surface area (Å²) < 4.78 is 0. The number of nitro benzene ring substituents is 1. The molecule has 8 nitrogen and oxygen atoms in total. The zero-order chi connectivity index (χ0) is 21.8. The van der Waals surface area contributed by atoms with Crippen molar-refractivity contribution in [2.45, 2.75) is 52.5 Å². The third kappa shape index (κ3) is 4.91. The highest BCUT2D eigenvalue weighted by atomic mass is 16.6. The summed E-state index contributed by atoms with van der Waals surface area (Å²) in [6.07, 6.45) is 3.26. The van der Waals surface area contributed by atoms with Crippen LogP contribution in [0.25, 0.3) is 0 Å². The fraction of sp³-hybridized carbons (Fsp3) is 0.636. The van der Waals surface area contributed by atoms with E-state index in [-0.39, 0.29) is 29.5 Å². The molecule has 3 rings (SSSR count). The van der Waals surface area contributed by atoms with Crippen LogP contribution < -0.4 is 10.2 Å². The van der Waals surface area contributed by atoms with E-state index in [0.717, 1.165) is 25.9 Å². The van der Waals surface area contributed by atoms with Crippen molar-refractivity contribution in [2.75, 3.05) is 31.1 Å². The number of likely N-dealkylation sites (tertiary alicyclic amines) is 1. The minimum absolute atomic E-state index is 0.0142. The van der Waals surface area contributed by atoms with Crippen molar-refractivity contribution in [3.63, 3.8) is 0 Å². The monoisotopic (exact) mass is 416 g/mol. The molecule has 1 aromatic carbocycles. The lowest BCUT2D eigenvalue weighted by atomic mass is 9.94. The largest absolute Gasteiger partial charge is 0.366 e. The maximum absolute atomic E-state index is 12.9. The molecule has 1 atom stereocenters. The zero-order valence-electron chi connectivity index (χ0n) is 18.1. The zero-order valence-corrected chi connectivity index (χ0v) is 18.1. The number of benzene rings is 1. The molecule has 0 spiro atoms. The first-order valence-electron chi connectivity index (χ1n) is 10.9. The molecule has 0 bridgehead atoms. The number of carbonyl (C=O) groups is 2. The molecule has 1 unspecified atom stereocenters. The molecule has 0 radical (unpaired) electrons. The Balaban J connectivity index is 1.64. The Kier molecular flexibility index (Phi) is 6.95. The fourth-order valence-electron chi connectivity index (χ4n) is 4.06. The number of hydrogen-bond acceptors (Lipinski definition) is 5. The van der Waals surface area contributed by atoms with E-state index < -0.39 is 4.92 Å². The van der Waals surface area contributed by atoms with E-state index >= 15 is 0 Å². The minimum Gasteiger partial charge on any atom is -0.366 e. The molecule has 2 aliphatic heterocycles.